The fraction of sp³-hybridized carbons (Fsp3) is 0.643. The van der Waals surface area contributed by atoms with Crippen LogP contribution in [-0.2, 0) is 0 Å². The number of hydrogen-bond acceptors (Lipinski definition) is 3. The van der Waals surface area contributed by atoms with Gasteiger partial charge in [0.2, 0.25) is 0 Å². The second kappa shape index (κ2) is 4.65. The van der Waals surface area contributed by atoms with Gasteiger partial charge in [-0.3, -0.25) is 0 Å². The topological polar surface area (TPSA) is 42.1 Å². The van der Waals surface area contributed by atoms with Gasteiger partial charge in [-0.25, -0.2) is 4.98 Å². The molecular formula is C14H23N3. The lowest BCUT2D eigenvalue weighted by atomic mass is 9.84. The Morgan fingerprint density at radius 1 is 1.41 bits per heavy atom. The zero-order valence-corrected chi connectivity index (χ0v) is 11.1. The van der Waals surface area contributed by atoms with E-state index in [0.29, 0.717) is 5.41 Å². The van der Waals surface area contributed by atoms with Gasteiger partial charge >= 0.3 is 0 Å². The fourth-order valence-electron chi connectivity index (χ4n) is 2.47. The molecule has 1 aliphatic heterocycles. The molecule has 0 bridgehead atoms. The summed E-state index contributed by atoms with van der Waals surface area (Å²) in [4.78, 5) is 6.92. The minimum absolute atomic E-state index is 0.0642. The molecule has 2 rings (SSSR count). The molecule has 1 aromatic rings. The summed E-state index contributed by atoms with van der Waals surface area (Å²) >= 11 is 0. The van der Waals surface area contributed by atoms with E-state index in [-0.39, 0.29) is 6.04 Å². The van der Waals surface area contributed by atoms with Gasteiger partial charge < -0.3 is 10.6 Å². The van der Waals surface area contributed by atoms with Crippen molar-refractivity contribution in [1.29, 1.82) is 0 Å². The molecule has 2 heterocycles. The summed E-state index contributed by atoms with van der Waals surface area (Å²) in [5.41, 5.74) is 7.34. The van der Waals surface area contributed by atoms with Crippen molar-refractivity contribution in [3.05, 3.63) is 23.9 Å². The summed E-state index contributed by atoms with van der Waals surface area (Å²) in [5.74, 6) is 1.09. The zero-order chi connectivity index (χ0) is 12.5. The van der Waals surface area contributed by atoms with E-state index in [2.05, 4.69) is 35.9 Å². The van der Waals surface area contributed by atoms with Gasteiger partial charge in [-0.1, -0.05) is 19.9 Å². The van der Waals surface area contributed by atoms with Gasteiger partial charge in [0.05, 0.1) is 0 Å². The summed E-state index contributed by atoms with van der Waals surface area (Å²) in [6.45, 7) is 8.86. The molecular weight excluding hydrogens is 210 g/mol. The third-order valence-corrected chi connectivity index (χ3v) is 3.52. The monoisotopic (exact) mass is 233 g/mol. The standard InChI is InChI=1S/C14H23N3/c1-11(15)12-5-6-13(16-9-12)17-8-4-7-14(2,3)10-17/h5-6,9,11H,4,7-8,10,15H2,1-3H3/t11-/m0/s1. The Labute approximate surface area is 104 Å². The number of nitrogens with two attached hydrogens (primary N) is 1. The van der Waals surface area contributed by atoms with Crippen LogP contribution in [0, 0.1) is 5.41 Å². The van der Waals surface area contributed by atoms with E-state index in [4.69, 9.17) is 5.73 Å². The van der Waals surface area contributed by atoms with Gasteiger partial charge in [0.1, 0.15) is 5.82 Å². The number of nitrogens with zero attached hydrogens (tertiary/aromatic N) is 2. The molecule has 94 valence electrons. The summed E-state index contributed by atoms with van der Waals surface area (Å²) in [6, 6.07) is 4.25. The second-order valence-electron chi connectivity index (χ2n) is 5.93. The fourth-order valence-corrected chi connectivity index (χ4v) is 2.47. The van der Waals surface area contributed by atoms with E-state index in [0.717, 1.165) is 24.5 Å². The molecule has 1 fully saturated rings. The smallest absolute Gasteiger partial charge is 0.128 e. The first-order chi connectivity index (χ1) is 7.98. The van der Waals surface area contributed by atoms with Crippen molar-refractivity contribution in [3.8, 4) is 0 Å². The van der Waals surface area contributed by atoms with Gasteiger partial charge in [0, 0.05) is 25.3 Å². The third-order valence-electron chi connectivity index (χ3n) is 3.52. The van der Waals surface area contributed by atoms with Crippen molar-refractivity contribution >= 4 is 5.82 Å². The Balaban J connectivity index is 2.12. The van der Waals surface area contributed by atoms with Crippen molar-refractivity contribution in [1.82, 2.24) is 4.98 Å². The maximum Gasteiger partial charge on any atom is 0.128 e. The largest absolute Gasteiger partial charge is 0.356 e. The summed E-state index contributed by atoms with van der Waals surface area (Å²) in [6.07, 6.45) is 4.47. The highest BCUT2D eigenvalue weighted by molar-refractivity contribution is 5.40. The van der Waals surface area contributed by atoms with E-state index in [1.807, 2.05) is 13.1 Å². The molecule has 3 heteroatoms. The van der Waals surface area contributed by atoms with Gasteiger partial charge in [-0.2, -0.15) is 0 Å². The number of anilines is 1. The first-order valence-corrected chi connectivity index (χ1v) is 6.44. The van der Waals surface area contributed by atoms with Crippen molar-refractivity contribution in [2.75, 3.05) is 18.0 Å². The molecule has 0 aromatic carbocycles. The quantitative estimate of drug-likeness (QED) is 0.854. The lowest BCUT2D eigenvalue weighted by Gasteiger charge is -2.38. The van der Waals surface area contributed by atoms with Gasteiger partial charge in [0.15, 0.2) is 0 Å². The normalized spacial score (nSPS) is 21.3. The average molecular weight is 233 g/mol. The highest BCUT2D eigenvalue weighted by Gasteiger charge is 2.26. The van der Waals surface area contributed by atoms with Gasteiger partial charge in [-0.15, -0.1) is 0 Å². The third kappa shape index (κ3) is 2.97. The van der Waals surface area contributed by atoms with Crippen LogP contribution < -0.4 is 10.6 Å². The Kier molecular flexibility index (Phi) is 3.38. The van der Waals surface area contributed by atoms with Crippen LogP contribution in [-0.4, -0.2) is 18.1 Å². The van der Waals surface area contributed by atoms with E-state index in [9.17, 15) is 0 Å². The average Bonchev–Trinajstić information content (AvgIpc) is 2.28. The van der Waals surface area contributed by atoms with E-state index in [1.165, 1.54) is 12.8 Å². The van der Waals surface area contributed by atoms with Crippen LogP contribution >= 0.6 is 0 Å². The van der Waals surface area contributed by atoms with Gasteiger partial charge in [0.25, 0.3) is 0 Å². The molecule has 1 atom stereocenters. The molecule has 0 saturated carbocycles. The molecule has 0 unspecified atom stereocenters. The minimum Gasteiger partial charge on any atom is -0.356 e. The van der Waals surface area contributed by atoms with E-state index < -0.39 is 0 Å². The van der Waals surface area contributed by atoms with E-state index in [1.54, 1.807) is 0 Å². The van der Waals surface area contributed by atoms with Crippen molar-refractivity contribution < 1.29 is 0 Å². The maximum absolute atomic E-state index is 5.83. The second-order valence-corrected chi connectivity index (χ2v) is 5.93. The first kappa shape index (κ1) is 12.4. The van der Waals surface area contributed by atoms with Crippen molar-refractivity contribution in [2.24, 2.45) is 11.1 Å². The predicted octanol–water partition coefficient (Wildman–Crippen LogP) is 2.73. The number of hydrogen-bond donors (Lipinski definition) is 1. The maximum atomic E-state index is 5.83. The van der Waals surface area contributed by atoms with E-state index >= 15 is 0 Å². The molecule has 3 nitrogen and oxygen atoms in total. The van der Waals surface area contributed by atoms with Crippen LogP contribution in [0.1, 0.15) is 45.2 Å². The first-order valence-electron chi connectivity index (χ1n) is 6.44. The minimum atomic E-state index is 0.0642. The SMILES string of the molecule is C[C@H](N)c1ccc(N2CCCC(C)(C)C2)nc1. The van der Waals surface area contributed by atoms with Crippen LogP contribution in [0.2, 0.25) is 0 Å². The molecule has 1 aromatic heterocycles. The highest BCUT2D eigenvalue weighted by atomic mass is 15.2. The molecule has 1 saturated heterocycles. The molecule has 1 aliphatic rings. The van der Waals surface area contributed by atoms with Crippen molar-refractivity contribution in [2.45, 2.75) is 39.7 Å². The van der Waals surface area contributed by atoms with Crippen LogP contribution in [0.25, 0.3) is 0 Å². The molecule has 17 heavy (non-hydrogen) atoms. The predicted molar refractivity (Wildman–Crippen MR) is 72.1 cm³/mol. The molecule has 0 radical (unpaired) electrons. The summed E-state index contributed by atoms with van der Waals surface area (Å²) < 4.78 is 0. The lowest BCUT2D eigenvalue weighted by Crippen LogP contribution is -2.40. The van der Waals surface area contributed by atoms with Crippen LogP contribution in [0.3, 0.4) is 0 Å². The highest BCUT2D eigenvalue weighted by Crippen LogP contribution is 2.30. The molecule has 0 aliphatic carbocycles. The van der Waals surface area contributed by atoms with Crippen LogP contribution in [0.4, 0.5) is 5.82 Å². The van der Waals surface area contributed by atoms with Crippen molar-refractivity contribution in [3.63, 3.8) is 0 Å². The Hall–Kier alpha value is -1.09. The van der Waals surface area contributed by atoms with Crippen LogP contribution in [0.5, 0.6) is 0 Å². The number of piperidine rings is 1. The number of aromatic nitrogens is 1. The Morgan fingerprint density at radius 2 is 2.18 bits per heavy atom. The lowest BCUT2D eigenvalue weighted by molar-refractivity contribution is 0.292. The Morgan fingerprint density at radius 3 is 2.71 bits per heavy atom. The van der Waals surface area contributed by atoms with Crippen LogP contribution in [0.15, 0.2) is 18.3 Å². The molecule has 0 amide bonds. The number of pyridine rings is 1. The molecule has 2 N–H and O–H groups in total. The Bertz CT molecular complexity index is 368. The molecule has 0 spiro atoms. The summed E-state index contributed by atoms with van der Waals surface area (Å²) in [5, 5.41) is 0. The van der Waals surface area contributed by atoms with Gasteiger partial charge in [-0.05, 0) is 36.8 Å². The summed E-state index contributed by atoms with van der Waals surface area (Å²) in [7, 11) is 0. The zero-order valence-electron chi connectivity index (χ0n) is 11.1. The number of rotatable bonds is 2.